The third-order valence-electron chi connectivity index (χ3n) is 4.72. The molecule has 2 aromatic heterocycles. The molecule has 0 aliphatic carbocycles. The second-order valence-corrected chi connectivity index (χ2v) is 6.50. The summed E-state index contributed by atoms with van der Waals surface area (Å²) in [6.07, 6.45) is 4.68. The Bertz CT molecular complexity index is 1100. The Morgan fingerprint density at radius 1 is 1.30 bits per heavy atom. The lowest BCUT2D eigenvalue weighted by molar-refractivity contribution is 0.0950. The average Bonchev–Trinajstić information content (AvgIpc) is 3.31. The summed E-state index contributed by atoms with van der Waals surface area (Å²) < 4.78 is 23.1. The van der Waals surface area contributed by atoms with Gasteiger partial charge in [0.15, 0.2) is 11.2 Å². The van der Waals surface area contributed by atoms with E-state index in [-0.39, 0.29) is 18.3 Å². The smallest absolute Gasteiger partial charge is 0.337 e. The lowest BCUT2D eigenvalue weighted by Crippen LogP contribution is -2.42. The number of ether oxygens (including phenoxy) is 1. The van der Waals surface area contributed by atoms with E-state index in [2.05, 4.69) is 11.6 Å². The molecule has 1 saturated heterocycles. The third-order valence-corrected chi connectivity index (χ3v) is 4.72. The van der Waals surface area contributed by atoms with E-state index in [4.69, 9.17) is 4.74 Å². The maximum absolute atomic E-state index is 13.3. The van der Waals surface area contributed by atoms with Gasteiger partial charge in [0.1, 0.15) is 5.82 Å². The van der Waals surface area contributed by atoms with E-state index in [9.17, 15) is 14.0 Å². The molecule has 1 aromatic carbocycles. The Kier molecular flexibility index (Phi) is 4.49. The summed E-state index contributed by atoms with van der Waals surface area (Å²) in [7, 11) is 0. The van der Waals surface area contributed by atoms with Crippen LogP contribution in [0.4, 0.5) is 4.39 Å². The van der Waals surface area contributed by atoms with Crippen LogP contribution in [0, 0.1) is 5.82 Å². The van der Waals surface area contributed by atoms with Crippen LogP contribution in [-0.4, -0.2) is 31.4 Å². The van der Waals surface area contributed by atoms with Gasteiger partial charge in [-0.15, -0.1) is 6.58 Å². The molecule has 1 aliphatic rings. The molecule has 0 unspecified atom stereocenters. The third kappa shape index (κ3) is 3.02. The quantitative estimate of drug-likeness (QED) is 0.643. The van der Waals surface area contributed by atoms with Gasteiger partial charge in [0.2, 0.25) is 0 Å². The lowest BCUT2D eigenvalue weighted by atomic mass is 10.2. The fourth-order valence-electron chi connectivity index (χ4n) is 3.43. The molecule has 4 rings (SSSR count). The molecule has 27 heavy (non-hydrogen) atoms. The van der Waals surface area contributed by atoms with Crippen molar-refractivity contribution in [1.82, 2.24) is 18.7 Å². The predicted octanol–water partition coefficient (Wildman–Crippen LogP) is 1.85. The Morgan fingerprint density at radius 3 is 2.74 bits per heavy atom. The van der Waals surface area contributed by atoms with Gasteiger partial charge in [0, 0.05) is 13.2 Å². The molecule has 140 valence electrons. The minimum Gasteiger partial charge on any atom is -0.376 e. The van der Waals surface area contributed by atoms with E-state index in [1.807, 2.05) is 0 Å². The van der Waals surface area contributed by atoms with Gasteiger partial charge in [-0.2, -0.15) is 0 Å². The van der Waals surface area contributed by atoms with Crippen molar-refractivity contribution >= 4 is 11.2 Å². The first-order valence-corrected chi connectivity index (χ1v) is 8.79. The van der Waals surface area contributed by atoms with E-state index in [1.54, 1.807) is 10.6 Å². The van der Waals surface area contributed by atoms with Gasteiger partial charge in [0.05, 0.1) is 24.7 Å². The Labute approximate surface area is 153 Å². The highest BCUT2D eigenvalue weighted by Crippen LogP contribution is 2.16. The van der Waals surface area contributed by atoms with Crippen LogP contribution in [0.3, 0.4) is 0 Å². The SMILES string of the molecule is C=CCn1cnc2c1c(=O)n(C[C@H]1CCCO1)c(=O)n2-c1ccc(F)cc1. The maximum atomic E-state index is 13.3. The molecule has 1 atom stereocenters. The second kappa shape index (κ2) is 6.96. The number of benzene rings is 1. The summed E-state index contributed by atoms with van der Waals surface area (Å²) in [6.45, 7) is 4.88. The zero-order chi connectivity index (χ0) is 19.0. The number of imidazole rings is 1. The number of halogens is 1. The van der Waals surface area contributed by atoms with Crippen molar-refractivity contribution in [2.75, 3.05) is 6.61 Å². The highest BCUT2D eigenvalue weighted by atomic mass is 19.1. The molecule has 0 radical (unpaired) electrons. The molecule has 0 saturated carbocycles. The zero-order valence-electron chi connectivity index (χ0n) is 14.7. The monoisotopic (exact) mass is 370 g/mol. The normalized spacial score (nSPS) is 16.9. The number of aromatic nitrogens is 4. The molecular formula is C19H19FN4O3. The number of nitrogens with zero attached hydrogens (tertiary/aromatic N) is 4. The van der Waals surface area contributed by atoms with Crippen molar-refractivity contribution in [3.05, 3.63) is 69.9 Å². The zero-order valence-corrected chi connectivity index (χ0v) is 14.7. The lowest BCUT2D eigenvalue weighted by Gasteiger charge is -2.15. The van der Waals surface area contributed by atoms with Gasteiger partial charge in [-0.3, -0.25) is 9.36 Å². The van der Waals surface area contributed by atoms with Gasteiger partial charge < -0.3 is 9.30 Å². The first-order chi connectivity index (χ1) is 13.1. The van der Waals surface area contributed by atoms with Crippen molar-refractivity contribution in [2.45, 2.75) is 32.0 Å². The van der Waals surface area contributed by atoms with E-state index >= 15 is 0 Å². The van der Waals surface area contributed by atoms with Crippen LogP contribution < -0.4 is 11.2 Å². The largest absolute Gasteiger partial charge is 0.376 e. The van der Waals surface area contributed by atoms with Gasteiger partial charge in [0.25, 0.3) is 5.56 Å². The molecule has 0 amide bonds. The minimum atomic E-state index is -0.515. The van der Waals surface area contributed by atoms with Gasteiger partial charge in [-0.1, -0.05) is 6.08 Å². The molecule has 1 fully saturated rings. The summed E-state index contributed by atoms with van der Waals surface area (Å²) >= 11 is 0. The van der Waals surface area contributed by atoms with Gasteiger partial charge in [-0.25, -0.2) is 18.7 Å². The van der Waals surface area contributed by atoms with Crippen molar-refractivity contribution in [2.24, 2.45) is 0 Å². The molecule has 0 spiro atoms. The number of rotatable bonds is 5. The standard InChI is InChI=1S/C19H19FN4O3/c1-2-9-22-12-21-17-16(22)18(25)23(11-15-4-3-10-27-15)19(26)24(17)14-7-5-13(20)6-8-14/h2,5-8,12,15H,1,3-4,9-11H2/t15-/m1/s1. The van der Waals surface area contributed by atoms with Crippen LogP contribution in [-0.2, 0) is 17.8 Å². The molecular weight excluding hydrogens is 351 g/mol. The summed E-state index contributed by atoms with van der Waals surface area (Å²) in [5.74, 6) is -0.409. The van der Waals surface area contributed by atoms with E-state index < -0.39 is 17.1 Å². The molecule has 8 heteroatoms. The fourth-order valence-corrected chi connectivity index (χ4v) is 3.43. The predicted molar refractivity (Wildman–Crippen MR) is 98.7 cm³/mol. The van der Waals surface area contributed by atoms with Crippen molar-refractivity contribution in [3.8, 4) is 5.69 Å². The summed E-state index contributed by atoms with van der Waals surface area (Å²) in [6, 6.07) is 5.51. The summed E-state index contributed by atoms with van der Waals surface area (Å²) in [4.78, 5) is 30.5. The molecule has 0 bridgehead atoms. The first kappa shape index (κ1) is 17.4. The van der Waals surface area contributed by atoms with Crippen LogP contribution >= 0.6 is 0 Å². The van der Waals surface area contributed by atoms with E-state index in [0.717, 1.165) is 12.8 Å². The minimum absolute atomic E-state index is 0.175. The molecule has 3 heterocycles. The van der Waals surface area contributed by atoms with Crippen molar-refractivity contribution < 1.29 is 9.13 Å². The number of allylic oxidation sites excluding steroid dienone is 1. The molecule has 1 aliphatic heterocycles. The van der Waals surface area contributed by atoms with Gasteiger partial charge in [-0.05, 0) is 37.1 Å². The van der Waals surface area contributed by atoms with Crippen LogP contribution in [0.5, 0.6) is 0 Å². The summed E-state index contributed by atoms with van der Waals surface area (Å²) in [5, 5.41) is 0. The van der Waals surface area contributed by atoms with Crippen molar-refractivity contribution in [3.63, 3.8) is 0 Å². The topological polar surface area (TPSA) is 71.1 Å². The van der Waals surface area contributed by atoms with Crippen LogP contribution in [0.25, 0.3) is 16.9 Å². The van der Waals surface area contributed by atoms with Crippen LogP contribution in [0.2, 0.25) is 0 Å². The van der Waals surface area contributed by atoms with E-state index in [0.29, 0.717) is 24.4 Å². The second-order valence-electron chi connectivity index (χ2n) is 6.50. The highest BCUT2D eigenvalue weighted by molar-refractivity contribution is 5.72. The average molecular weight is 370 g/mol. The van der Waals surface area contributed by atoms with E-state index in [1.165, 1.54) is 39.7 Å². The maximum Gasteiger partial charge on any atom is 0.337 e. The van der Waals surface area contributed by atoms with Gasteiger partial charge >= 0.3 is 5.69 Å². The number of hydrogen-bond donors (Lipinski definition) is 0. The van der Waals surface area contributed by atoms with Crippen molar-refractivity contribution in [1.29, 1.82) is 0 Å². The Balaban J connectivity index is 2.00. The fraction of sp³-hybridized carbons (Fsp3) is 0.316. The number of fused-ring (bicyclic) bond motifs is 1. The Hall–Kier alpha value is -3.00. The van der Waals surface area contributed by atoms with Crippen LogP contribution in [0.1, 0.15) is 12.8 Å². The molecule has 7 nitrogen and oxygen atoms in total. The molecule has 3 aromatic rings. The summed E-state index contributed by atoms with van der Waals surface area (Å²) in [5.41, 5.74) is 0.0527. The highest BCUT2D eigenvalue weighted by Gasteiger charge is 2.23. The first-order valence-electron chi connectivity index (χ1n) is 8.79. The number of hydrogen-bond acceptors (Lipinski definition) is 4. The van der Waals surface area contributed by atoms with Crippen LogP contribution in [0.15, 0.2) is 52.8 Å². The molecule has 0 N–H and O–H groups in total. The Morgan fingerprint density at radius 2 is 2.07 bits per heavy atom.